The quantitative estimate of drug-likeness (QED) is 0.740. The van der Waals surface area contributed by atoms with Crippen LogP contribution in [-0.2, 0) is 11.8 Å². The van der Waals surface area contributed by atoms with Gasteiger partial charge in [0.15, 0.2) is 0 Å². The number of hydrogen-bond donors (Lipinski definition) is 0. The molecule has 82 valence electrons. The van der Waals surface area contributed by atoms with Gasteiger partial charge in [0.05, 0.1) is 12.3 Å². The van der Waals surface area contributed by atoms with Crippen LogP contribution in [0.15, 0.2) is 12.3 Å². The van der Waals surface area contributed by atoms with E-state index >= 15 is 0 Å². The van der Waals surface area contributed by atoms with E-state index in [1.54, 1.807) is 0 Å². The Balaban J connectivity index is 2.49. The summed E-state index contributed by atoms with van der Waals surface area (Å²) in [7, 11) is 0. The highest BCUT2D eigenvalue weighted by Gasteiger charge is 2.32. The van der Waals surface area contributed by atoms with E-state index in [0.717, 1.165) is 24.5 Å². The van der Waals surface area contributed by atoms with Crippen molar-refractivity contribution in [1.82, 2.24) is 4.98 Å². The third kappa shape index (κ3) is 1.62. The summed E-state index contributed by atoms with van der Waals surface area (Å²) in [6.45, 7) is 9.75. The highest BCUT2D eigenvalue weighted by atomic mass is 16.5. The Hall–Kier alpha value is -1.05. The smallest absolute Gasteiger partial charge is 0.144 e. The molecule has 0 aliphatic carbocycles. The zero-order valence-corrected chi connectivity index (χ0v) is 10.0. The lowest BCUT2D eigenvalue weighted by molar-refractivity contribution is 0.315. The van der Waals surface area contributed by atoms with Gasteiger partial charge in [-0.2, -0.15) is 0 Å². The Morgan fingerprint density at radius 2 is 2.13 bits per heavy atom. The maximum absolute atomic E-state index is 5.70. The van der Waals surface area contributed by atoms with Crippen molar-refractivity contribution in [2.75, 3.05) is 6.61 Å². The predicted octanol–water partition coefficient (Wildman–Crippen LogP) is 2.95. The molecule has 2 heteroatoms. The molecule has 0 saturated carbocycles. The summed E-state index contributed by atoms with van der Waals surface area (Å²) in [5, 5.41) is 0. The van der Waals surface area contributed by atoms with Gasteiger partial charge >= 0.3 is 0 Å². The Bertz CT molecular complexity index is 369. The predicted molar refractivity (Wildman–Crippen MR) is 61.3 cm³/mol. The summed E-state index contributed by atoms with van der Waals surface area (Å²) >= 11 is 0. The van der Waals surface area contributed by atoms with E-state index in [2.05, 4.69) is 38.7 Å². The van der Waals surface area contributed by atoms with Crippen LogP contribution in [0.4, 0.5) is 0 Å². The number of rotatable bonds is 2. The van der Waals surface area contributed by atoms with Crippen LogP contribution >= 0.6 is 0 Å². The molecule has 15 heavy (non-hydrogen) atoms. The Morgan fingerprint density at radius 3 is 2.80 bits per heavy atom. The fourth-order valence-corrected chi connectivity index (χ4v) is 1.84. The first-order chi connectivity index (χ1) is 7.03. The molecule has 1 aromatic heterocycles. The van der Waals surface area contributed by atoms with E-state index < -0.39 is 0 Å². The van der Waals surface area contributed by atoms with Crippen LogP contribution in [0.5, 0.6) is 5.75 Å². The summed E-state index contributed by atoms with van der Waals surface area (Å²) in [5.74, 6) is 1.59. The Morgan fingerprint density at radius 1 is 1.40 bits per heavy atom. The van der Waals surface area contributed by atoms with Crippen LogP contribution in [0.2, 0.25) is 0 Å². The molecular formula is C13H19NO. The third-order valence-corrected chi connectivity index (χ3v) is 3.66. The number of fused-ring (bicyclic) bond motifs is 1. The molecule has 0 N–H and O–H groups in total. The molecule has 0 fully saturated rings. The molecule has 0 radical (unpaired) electrons. The standard InChI is InChI=1S/C13H19NO/c1-9(2)13(3,4)12-11-10(5-7-14-12)6-8-15-11/h5,7,9H,6,8H2,1-4H3. The zero-order chi connectivity index (χ0) is 11.1. The van der Waals surface area contributed by atoms with E-state index in [4.69, 9.17) is 4.74 Å². The largest absolute Gasteiger partial charge is 0.491 e. The van der Waals surface area contributed by atoms with Gasteiger partial charge < -0.3 is 4.74 Å². The molecule has 0 unspecified atom stereocenters. The maximum Gasteiger partial charge on any atom is 0.144 e. The van der Waals surface area contributed by atoms with Gasteiger partial charge in [-0.25, -0.2) is 0 Å². The van der Waals surface area contributed by atoms with Gasteiger partial charge in [-0.1, -0.05) is 27.7 Å². The fourth-order valence-electron chi connectivity index (χ4n) is 1.84. The van der Waals surface area contributed by atoms with Gasteiger partial charge in [0.1, 0.15) is 5.75 Å². The van der Waals surface area contributed by atoms with Crippen LogP contribution < -0.4 is 4.74 Å². The molecule has 0 spiro atoms. The highest BCUT2D eigenvalue weighted by molar-refractivity contribution is 5.43. The first-order valence-electron chi connectivity index (χ1n) is 5.64. The minimum atomic E-state index is 0.0791. The Labute approximate surface area is 91.7 Å². The van der Waals surface area contributed by atoms with Crippen molar-refractivity contribution in [2.45, 2.75) is 39.5 Å². The van der Waals surface area contributed by atoms with E-state index in [-0.39, 0.29) is 5.41 Å². The summed E-state index contributed by atoms with van der Waals surface area (Å²) in [4.78, 5) is 4.52. The molecular weight excluding hydrogens is 186 g/mol. The minimum absolute atomic E-state index is 0.0791. The second-order valence-electron chi connectivity index (χ2n) is 5.12. The molecule has 2 heterocycles. The van der Waals surface area contributed by atoms with Crippen molar-refractivity contribution in [2.24, 2.45) is 5.92 Å². The van der Waals surface area contributed by atoms with Crippen molar-refractivity contribution in [3.05, 3.63) is 23.5 Å². The van der Waals surface area contributed by atoms with Gasteiger partial charge in [0, 0.05) is 23.6 Å². The minimum Gasteiger partial charge on any atom is -0.491 e. The van der Waals surface area contributed by atoms with Gasteiger partial charge in [0.2, 0.25) is 0 Å². The lowest BCUT2D eigenvalue weighted by Gasteiger charge is -2.29. The fraction of sp³-hybridized carbons (Fsp3) is 0.615. The van der Waals surface area contributed by atoms with E-state index in [1.165, 1.54) is 5.56 Å². The zero-order valence-electron chi connectivity index (χ0n) is 10.0. The number of hydrogen-bond acceptors (Lipinski definition) is 2. The monoisotopic (exact) mass is 205 g/mol. The molecule has 2 rings (SSSR count). The third-order valence-electron chi connectivity index (χ3n) is 3.66. The molecule has 0 amide bonds. The van der Waals surface area contributed by atoms with Crippen molar-refractivity contribution < 1.29 is 4.74 Å². The number of nitrogens with zero attached hydrogens (tertiary/aromatic N) is 1. The van der Waals surface area contributed by atoms with Crippen molar-refractivity contribution in [3.63, 3.8) is 0 Å². The van der Waals surface area contributed by atoms with E-state index in [9.17, 15) is 0 Å². The summed E-state index contributed by atoms with van der Waals surface area (Å²) in [6, 6.07) is 2.07. The van der Waals surface area contributed by atoms with Crippen LogP contribution in [0.1, 0.15) is 39.0 Å². The molecule has 1 aromatic rings. The summed E-state index contributed by atoms with van der Waals surface area (Å²) in [6.07, 6.45) is 2.94. The lowest BCUT2D eigenvalue weighted by atomic mass is 9.77. The molecule has 0 atom stereocenters. The molecule has 0 aromatic carbocycles. The van der Waals surface area contributed by atoms with Crippen LogP contribution in [0.25, 0.3) is 0 Å². The van der Waals surface area contributed by atoms with Gasteiger partial charge in [-0.05, 0) is 12.0 Å². The van der Waals surface area contributed by atoms with Crippen molar-refractivity contribution in [1.29, 1.82) is 0 Å². The molecule has 1 aliphatic heterocycles. The van der Waals surface area contributed by atoms with Gasteiger partial charge in [0.25, 0.3) is 0 Å². The van der Waals surface area contributed by atoms with Crippen LogP contribution in [0, 0.1) is 5.92 Å². The molecule has 2 nitrogen and oxygen atoms in total. The number of ether oxygens (including phenoxy) is 1. The second kappa shape index (κ2) is 3.51. The number of aromatic nitrogens is 1. The topological polar surface area (TPSA) is 22.1 Å². The maximum atomic E-state index is 5.70. The molecule has 1 aliphatic rings. The van der Waals surface area contributed by atoms with E-state index in [0.29, 0.717) is 5.92 Å². The van der Waals surface area contributed by atoms with Crippen molar-refractivity contribution in [3.8, 4) is 5.75 Å². The van der Waals surface area contributed by atoms with Gasteiger partial charge in [-0.3, -0.25) is 4.98 Å². The molecule has 0 saturated heterocycles. The molecule has 0 bridgehead atoms. The Kier molecular flexibility index (Phi) is 2.45. The number of pyridine rings is 1. The summed E-state index contributed by atoms with van der Waals surface area (Å²) < 4.78 is 5.70. The van der Waals surface area contributed by atoms with Crippen LogP contribution in [-0.4, -0.2) is 11.6 Å². The average Bonchev–Trinajstić information content (AvgIpc) is 2.64. The first kappa shape index (κ1) is 10.5. The average molecular weight is 205 g/mol. The van der Waals surface area contributed by atoms with Crippen LogP contribution in [0.3, 0.4) is 0 Å². The summed E-state index contributed by atoms with van der Waals surface area (Å²) in [5.41, 5.74) is 2.51. The van der Waals surface area contributed by atoms with E-state index in [1.807, 2.05) is 6.20 Å². The normalized spacial score (nSPS) is 15.3. The second-order valence-corrected chi connectivity index (χ2v) is 5.12. The lowest BCUT2D eigenvalue weighted by Crippen LogP contribution is -2.26. The highest BCUT2D eigenvalue weighted by Crippen LogP contribution is 2.39. The van der Waals surface area contributed by atoms with Crippen molar-refractivity contribution >= 4 is 0 Å². The first-order valence-corrected chi connectivity index (χ1v) is 5.64. The van der Waals surface area contributed by atoms with Gasteiger partial charge in [-0.15, -0.1) is 0 Å². The SMILES string of the molecule is CC(C)C(C)(C)c1nccc2c1OCC2.